The monoisotopic (exact) mass is 408 g/mol. The standard InChI is InChI=1S/C21H17FN4O2S/c1-2-28-21-24-19(16-6-3-4-7-17(16)22)26(25-21)15-11-9-14(10-12-15)23-20(27)18-8-5-13-29-18/h3-13H,2H2,1H3,(H,23,27). The zero-order valence-electron chi connectivity index (χ0n) is 15.5. The lowest BCUT2D eigenvalue weighted by atomic mass is 10.2. The average molecular weight is 408 g/mol. The molecule has 0 atom stereocenters. The number of amides is 1. The van der Waals surface area contributed by atoms with Crippen molar-refractivity contribution in [2.24, 2.45) is 0 Å². The average Bonchev–Trinajstić information content (AvgIpc) is 3.40. The maximum atomic E-state index is 14.3. The zero-order valence-corrected chi connectivity index (χ0v) is 16.3. The van der Waals surface area contributed by atoms with Gasteiger partial charge in [-0.25, -0.2) is 9.07 Å². The number of halogens is 1. The Balaban J connectivity index is 1.65. The summed E-state index contributed by atoms with van der Waals surface area (Å²) in [4.78, 5) is 17.2. The number of aromatic nitrogens is 3. The van der Waals surface area contributed by atoms with E-state index in [4.69, 9.17) is 4.74 Å². The lowest BCUT2D eigenvalue weighted by Gasteiger charge is -2.08. The van der Waals surface area contributed by atoms with Gasteiger partial charge in [0.15, 0.2) is 5.82 Å². The number of hydrogen-bond acceptors (Lipinski definition) is 5. The molecule has 2 aromatic carbocycles. The maximum absolute atomic E-state index is 14.3. The van der Waals surface area contributed by atoms with Gasteiger partial charge < -0.3 is 10.1 Å². The van der Waals surface area contributed by atoms with Crippen LogP contribution in [0.5, 0.6) is 6.01 Å². The number of thiophene rings is 1. The van der Waals surface area contributed by atoms with Crippen LogP contribution in [0.2, 0.25) is 0 Å². The maximum Gasteiger partial charge on any atom is 0.336 e. The van der Waals surface area contributed by atoms with E-state index in [1.165, 1.54) is 22.1 Å². The summed E-state index contributed by atoms with van der Waals surface area (Å²) < 4.78 is 21.3. The van der Waals surface area contributed by atoms with Crippen LogP contribution in [-0.4, -0.2) is 27.3 Å². The fourth-order valence-electron chi connectivity index (χ4n) is 2.77. The molecule has 29 heavy (non-hydrogen) atoms. The molecule has 1 N–H and O–H groups in total. The lowest BCUT2D eigenvalue weighted by molar-refractivity contribution is 0.103. The number of nitrogens with one attached hydrogen (secondary N) is 1. The van der Waals surface area contributed by atoms with E-state index in [1.54, 1.807) is 48.5 Å². The Morgan fingerprint density at radius 3 is 2.62 bits per heavy atom. The van der Waals surface area contributed by atoms with E-state index < -0.39 is 5.82 Å². The molecule has 0 saturated heterocycles. The summed E-state index contributed by atoms with van der Waals surface area (Å²) in [6, 6.07) is 17.2. The molecule has 0 unspecified atom stereocenters. The van der Waals surface area contributed by atoms with Crippen molar-refractivity contribution >= 4 is 22.9 Å². The van der Waals surface area contributed by atoms with Crippen LogP contribution in [0.3, 0.4) is 0 Å². The van der Waals surface area contributed by atoms with Gasteiger partial charge in [0.2, 0.25) is 0 Å². The minimum absolute atomic E-state index is 0.167. The quantitative estimate of drug-likeness (QED) is 0.498. The first-order chi connectivity index (χ1) is 14.2. The van der Waals surface area contributed by atoms with Crippen LogP contribution in [0.15, 0.2) is 66.0 Å². The van der Waals surface area contributed by atoms with Gasteiger partial charge in [0.05, 0.1) is 22.7 Å². The van der Waals surface area contributed by atoms with Gasteiger partial charge in [-0.2, -0.15) is 4.98 Å². The van der Waals surface area contributed by atoms with Crippen LogP contribution < -0.4 is 10.1 Å². The third-order valence-corrected chi connectivity index (χ3v) is 4.96. The normalized spacial score (nSPS) is 10.7. The topological polar surface area (TPSA) is 69.0 Å². The van der Waals surface area contributed by atoms with Gasteiger partial charge in [-0.05, 0) is 54.8 Å². The van der Waals surface area contributed by atoms with Gasteiger partial charge in [0.1, 0.15) is 5.82 Å². The molecule has 8 heteroatoms. The van der Waals surface area contributed by atoms with Gasteiger partial charge in [0.25, 0.3) is 5.91 Å². The van der Waals surface area contributed by atoms with Crippen molar-refractivity contribution in [2.45, 2.75) is 6.92 Å². The van der Waals surface area contributed by atoms with Gasteiger partial charge in [0, 0.05) is 5.69 Å². The summed E-state index contributed by atoms with van der Waals surface area (Å²) in [5, 5.41) is 9.05. The number of carbonyl (C=O) groups is 1. The van der Waals surface area contributed by atoms with Crippen molar-refractivity contribution in [1.82, 2.24) is 14.8 Å². The molecular weight excluding hydrogens is 391 g/mol. The molecule has 0 aliphatic rings. The van der Waals surface area contributed by atoms with E-state index in [2.05, 4.69) is 15.4 Å². The number of anilines is 1. The second-order valence-electron chi connectivity index (χ2n) is 6.02. The molecule has 146 valence electrons. The Morgan fingerprint density at radius 1 is 1.14 bits per heavy atom. The highest BCUT2D eigenvalue weighted by Crippen LogP contribution is 2.26. The van der Waals surface area contributed by atoms with Crippen molar-refractivity contribution in [1.29, 1.82) is 0 Å². The molecule has 0 aliphatic carbocycles. The number of carbonyl (C=O) groups excluding carboxylic acids is 1. The molecule has 4 rings (SSSR count). The van der Waals surface area contributed by atoms with Crippen LogP contribution >= 0.6 is 11.3 Å². The van der Waals surface area contributed by atoms with Gasteiger partial charge in [-0.3, -0.25) is 4.79 Å². The minimum atomic E-state index is -0.399. The van der Waals surface area contributed by atoms with Gasteiger partial charge in [-0.15, -0.1) is 16.4 Å². The lowest BCUT2D eigenvalue weighted by Crippen LogP contribution is -2.10. The first-order valence-electron chi connectivity index (χ1n) is 8.95. The van der Waals surface area contributed by atoms with E-state index >= 15 is 0 Å². The first kappa shape index (κ1) is 18.8. The molecule has 4 aromatic rings. The molecule has 0 saturated carbocycles. The van der Waals surface area contributed by atoms with Gasteiger partial charge in [-0.1, -0.05) is 18.2 Å². The second-order valence-corrected chi connectivity index (χ2v) is 6.97. The van der Waals surface area contributed by atoms with Crippen LogP contribution in [0.4, 0.5) is 10.1 Å². The highest BCUT2D eigenvalue weighted by molar-refractivity contribution is 7.12. The highest BCUT2D eigenvalue weighted by Gasteiger charge is 2.17. The molecule has 1 amide bonds. The predicted molar refractivity (Wildman–Crippen MR) is 110 cm³/mol. The summed E-state index contributed by atoms with van der Waals surface area (Å²) in [6.45, 7) is 2.23. The van der Waals surface area contributed by atoms with Crippen molar-refractivity contribution in [3.63, 3.8) is 0 Å². The molecule has 6 nitrogen and oxygen atoms in total. The van der Waals surface area contributed by atoms with Crippen molar-refractivity contribution in [2.75, 3.05) is 11.9 Å². The van der Waals surface area contributed by atoms with Crippen molar-refractivity contribution in [3.05, 3.63) is 76.7 Å². The smallest absolute Gasteiger partial charge is 0.336 e. The summed E-state index contributed by atoms with van der Waals surface area (Å²) in [5.41, 5.74) is 1.63. The number of nitrogens with zero attached hydrogens (tertiary/aromatic N) is 3. The Bertz CT molecular complexity index is 1120. The molecule has 2 aromatic heterocycles. The van der Waals surface area contributed by atoms with Crippen LogP contribution in [0, 0.1) is 5.82 Å². The Morgan fingerprint density at radius 2 is 1.93 bits per heavy atom. The van der Waals surface area contributed by atoms with Crippen LogP contribution in [0.25, 0.3) is 17.1 Å². The third kappa shape index (κ3) is 4.02. The zero-order chi connectivity index (χ0) is 20.2. The summed E-state index contributed by atoms with van der Waals surface area (Å²) >= 11 is 1.37. The number of benzene rings is 2. The fourth-order valence-corrected chi connectivity index (χ4v) is 3.39. The number of hydrogen-bond donors (Lipinski definition) is 1. The fraction of sp³-hybridized carbons (Fsp3) is 0.0952. The van der Waals surface area contributed by atoms with E-state index in [-0.39, 0.29) is 11.9 Å². The predicted octanol–water partition coefficient (Wildman–Crippen LogP) is 4.79. The van der Waals surface area contributed by atoms with E-state index in [0.29, 0.717) is 34.2 Å². The molecule has 2 heterocycles. The van der Waals surface area contributed by atoms with Crippen molar-refractivity contribution < 1.29 is 13.9 Å². The molecule has 0 spiro atoms. The Hall–Kier alpha value is -3.52. The largest absolute Gasteiger partial charge is 0.463 e. The second kappa shape index (κ2) is 8.24. The molecule has 0 radical (unpaired) electrons. The summed E-state index contributed by atoms with van der Waals surface area (Å²) in [6.07, 6.45) is 0. The number of ether oxygens (including phenoxy) is 1. The molecule has 0 bridgehead atoms. The van der Waals surface area contributed by atoms with E-state index in [0.717, 1.165) is 0 Å². The van der Waals surface area contributed by atoms with Crippen molar-refractivity contribution in [3.8, 4) is 23.1 Å². The Labute approximate surface area is 170 Å². The first-order valence-corrected chi connectivity index (χ1v) is 9.83. The minimum Gasteiger partial charge on any atom is -0.463 e. The number of rotatable bonds is 6. The highest BCUT2D eigenvalue weighted by atomic mass is 32.1. The SMILES string of the molecule is CCOc1nc(-c2ccccc2F)n(-c2ccc(NC(=O)c3cccs3)cc2)n1. The third-order valence-electron chi connectivity index (χ3n) is 4.09. The van der Waals surface area contributed by atoms with Crippen LogP contribution in [-0.2, 0) is 0 Å². The molecular formula is C21H17FN4O2S. The summed E-state index contributed by atoms with van der Waals surface area (Å²) in [5.74, 6) is -0.231. The molecule has 0 fully saturated rings. The molecule has 0 aliphatic heterocycles. The van der Waals surface area contributed by atoms with E-state index in [1.807, 2.05) is 18.4 Å². The Kier molecular flexibility index (Phi) is 5.35. The summed E-state index contributed by atoms with van der Waals surface area (Å²) in [7, 11) is 0. The van der Waals surface area contributed by atoms with Crippen LogP contribution in [0.1, 0.15) is 16.6 Å². The van der Waals surface area contributed by atoms with E-state index in [9.17, 15) is 9.18 Å². The van der Waals surface area contributed by atoms with Gasteiger partial charge >= 0.3 is 6.01 Å².